The highest BCUT2D eigenvalue weighted by Gasteiger charge is 2.28. The number of aromatic hydroxyl groups is 1. The van der Waals surface area contributed by atoms with Crippen LogP contribution in [0.2, 0.25) is 0 Å². The Bertz CT molecular complexity index is 1210. The predicted molar refractivity (Wildman–Crippen MR) is 127 cm³/mol. The number of phenolic OH excluding ortho intramolecular Hbond substituents is 1. The standard InChI is InChI=1S/C24H27N5O6/c25-11-21(31)28-20(10-15-12-26-18-4-2-1-3-17(15)18)24(35)29-19(23(34)27-13-22(32)33)9-14-5-7-16(30)8-6-14/h1-8,12,19-20,26,30H,9-11,13,25H2,(H,27,34)(H,28,31)(H,29,35)(H,32,33). The molecule has 184 valence electrons. The van der Waals surface area contributed by atoms with Crippen molar-refractivity contribution in [1.82, 2.24) is 20.9 Å². The van der Waals surface area contributed by atoms with Crippen molar-refractivity contribution in [2.24, 2.45) is 5.73 Å². The zero-order chi connectivity index (χ0) is 25.4. The molecule has 0 fully saturated rings. The quantitative estimate of drug-likeness (QED) is 0.197. The molecule has 0 radical (unpaired) electrons. The number of phenols is 1. The Kier molecular flexibility index (Phi) is 8.41. The molecular formula is C24H27N5O6. The Morgan fingerprint density at radius 1 is 0.914 bits per heavy atom. The summed E-state index contributed by atoms with van der Waals surface area (Å²) in [5.41, 5.74) is 7.70. The minimum atomic E-state index is -1.24. The molecule has 2 atom stereocenters. The molecule has 2 unspecified atom stereocenters. The summed E-state index contributed by atoms with van der Waals surface area (Å²) in [6, 6.07) is 11.3. The van der Waals surface area contributed by atoms with Crippen LogP contribution in [0.25, 0.3) is 10.9 Å². The number of H-pyrrole nitrogens is 1. The van der Waals surface area contributed by atoms with Gasteiger partial charge in [0.25, 0.3) is 0 Å². The van der Waals surface area contributed by atoms with Gasteiger partial charge in [-0.25, -0.2) is 0 Å². The number of carboxylic acids is 1. The van der Waals surface area contributed by atoms with Gasteiger partial charge in [0.15, 0.2) is 0 Å². The summed E-state index contributed by atoms with van der Waals surface area (Å²) in [6.45, 7) is -0.947. The molecule has 0 saturated heterocycles. The fraction of sp³-hybridized carbons (Fsp3) is 0.250. The summed E-state index contributed by atoms with van der Waals surface area (Å²) in [5, 5.41) is 26.8. The van der Waals surface area contributed by atoms with E-state index in [0.717, 1.165) is 16.5 Å². The second-order valence-corrected chi connectivity index (χ2v) is 7.93. The molecule has 0 spiro atoms. The van der Waals surface area contributed by atoms with Crippen LogP contribution in [-0.4, -0.2) is 64.1 Å². The van der Waals surface area contributed by atoms with Crippen LogP contribution in [0.5, 0.6) is 5.75 Å². The van der Waals surface area contributed by atoms with Gasteiger partial charge in [0.1, 0.15) is 24.4 Å². The smallest absolute Gasteiger partial charge is 0.322 e. The summed E-state index contributed by atoms with van der Waals surface area (Å²) in [5.74, 6) is -3.08. The zero-order valence-corrected chi connectivity index (χ0v) is 18.8. The van der Waals surface area contributed by atoms with E-state index in [-0.39, 0.29) is 25.1 Å². The van der Waals surface area contributed by atoms with E-state index in [2.05, 4.69) is 20.9 Å². The number of aliphatic carboxylic acids is 1. The van der Waals surface area contributed by atoms with Crippen molar-refractivity contribution in [3.8, 4) is 5.75 Å². The van der Waals surface area contributed by atoms with Crippen LogP contribution in [0.3, 0.4) is 0 Å². The van der Waals surface area contributed by atoms with Crippen molar-refractivity contribution < 1.29 is 29.4 Å². The van der Waals surface area contributed by atoms with Crippen molar-refractivity contribution >= 4 is 34.6 Å². The van der Waals surface area contributed by atoms with Gasteiger partial charge in [-0.2, -0.15) is 0 Å². The molecule has 11 nitrogen and oxygen atoms in total. The first kappa shape index (κ1) is 25.2. The Morgan fingerprint density at radius 3 is 2.29 bits per heavy atom. The van der Waals surface area contributed by atoms with Crippen LogP contribution < -0.4 is 21.7 Å². The molecule has 3 rings (SSSR count). The summed E-state index contributed by atoms with van der Waals surface area (Å²) in [7, 11) is 0. The van der Waals surface area contributed by atoms with Crippen molar-refractivity contribution in [1.29, 1.82) is 0 Å². The molecule has 1 aromatic heterocycles. The molecule has 0 aliphatic carbocycles. The van der Waals surface area contributed by atoms with Gasteiger partial charge in [-0.15, -0.1) is 0 Å². The fourth-order valence-electron chi connectivity index (χ4n) is 3.62. The van der Waals surface area contributed by atoms with Crippen molar-refractivity contribution in [3.05, 3.63) is 65.9 Å². The Balaban J connectivity index is 1.82. The van der Waals surface area contributed by atoms with Gasteiger partial charge in [0, 0.05) is 29.9 Å². The first-order valence-electron chi connectivity index (χ1n) is 10.9. The van der Waals surface area contributed by atoms with Gasteiger partial charge in [-0.05, 0) is 29.3 Å². The van der Waals surface area contributed by atoms with Gasteiger partial charge < -0.3 is 36.9 Å². The number of carbonyl (C=O) groups is 4. The molecule has 0 aliphatic heterocycles. The van der Waals surface area contributed by atoms with Crippen LogP contribution in [0.4, 0.5) is 0 Å². The van der Waals surface area contributed by atoms with Crippen LogP contribution in [-0.2, 0) is 32.0 Å². The lowest BCUT2D eigenvalue weighted by molar-refractivity contribution is -0.138. The fourth-order valence-corrected chi connectivity index (χ4v) is 3.62. The number of nitrogens with one attached hydrogen (secondary N) is 4. The first-order valence-corrected chi connectivity index (χ1v) is 10.9. The number of para-hydroxylation sites is 1. The number of hydrogen-bond acceptors (Lipinski definition) is 6. The maximum Gasteiger partial charge on any atom is 0.322 e. The second-order valence-electron chi connectivity index (χ2n) is 7.93. The van der Waals surface area contributed by atoms with Crippen molar-refractivity contribution in [2.45, 2.75) is 24.9 Å². The lowest BCUT2D eigenvalue weighted by Gasteiger charge is -2.23. The lowest BCUT2D eigenvalue weighted by atomic mass is 10.0. The van der Waals surface area contributed by atoms with E-state index in [1.54, 1.807) is 18.3 Å². The number of nitrogens with two attached hydrogens (primary N) is 1. The van der Waals surface area contributed by atoms with Crippen molar-refractivity contribution in [3.63, 3.8) is 0 Å². The van der Waals surface area contributed by atoms with Crippen LogP contribution in [0, 0.1) is 0 Å². The number of hydrogen-bond donors (Lipinski definition) is 7. The maximum absolute atomic E-state index is 13.2. The number of aromatic nitrogens is 1. The minimum absolute atomic E-state index is 0.0299. The minimum Gasteiger partial charge on any atom is -0.508 e. The predicted octanol–water partition coefficient (Wildman–Crippen LogP) is -0.212. The van der Waals surface area contributed by atoms with E-state index in [0.29, 0.717) is 5.56 Å². The molecule has 0 aliphatic rings. The molecule has 0 saturated carbocycles. The van der Waals surface area contributed by atoms with Gasteiger partial charge in [-0.3, -0.25) is 19.2 Å². The van der Waals surface area contributed by atoms with Gasteiger partial charge in [0.05, 0.1) is 6.54 Å². The number of aromatic amines is 1. The van der Waals surface area contributed by atoms with E-state index in [9.17, 15) is 24.3 Å². The highest BCUT2D eigenvalue weighted by molar-refractivity contribution is 5.94. The first-order chi connectivity index (χ1) is 16.8. The zero-order valence-electron chi connectivity index (χ0n) is 18.8. The number of amides is 3. The SMILES string of the molecule is NCC(=O)NC(Cc1c[nH]c2ccccc12)C(=O)NC(Cc1ccc(O)cc1)C(=O)NCC(=O)O. The third-order valence-electron chi connectivity index (χ3n) is 5.36. The second kappa shape index (κ2) is 11.7. The Morgan fingerprint density at radius 2 is 1.60 bits per heavy atom. The lowest BCUT2D eigenvalue weighted by Crippen LogP contribution is -2.56. The third kappa shape index (κ3) is 7.05. The molecule has 35 heavy (non-hydrogen) atoms. The topological polar surface area (TPSA) is 187 Å². The molecular weight excluding hydrogens is 454 g/mol. The molecule has 3 amide bonds. The third-order valence-corrected chi connectivity index (χ3v) is 5.36. The number of carboxylic acid groups (broad SMARTS) is 1. The number of benzene rings is 2. The number of carbonyl (C=O) groups excluding carboxylic acids is 3. The van der Waals surface area contributed by atoms with E-state index in [1.807, 2.05) is 24.3 Å². The van der Waals surface area contributed by atoms with Gasteiger partial charge >= 0.3 is 5.97 Å². The van der Waals surface area contributed by atoms with E-state index in [1.165, 1.54) is 12.1 Å². The van der Waals surface area contributed by atoms with E-state index < -0.39 is 42.3 Å². The summed E-state index contributed by atoms with van der Waals surface area (Å²) in [4.78, 5) is 52.0. The average molecular weight is 482 g/mol. The average Bonchev–Trinajstić information content (AvgIpc) is 3.25. The Hall–Kier alpha value is -4.38. The van der Waals surface area contributed by atoms with Crippen LogP contribution in [0.1, 0.15) is 11.1 Å². The van der Waals surface area contributed by atoms with Crippen LogP contribution in [0.15, 0.2) is 54.7 Å². The highest BCUT2D eigenvalue weighted by Crippen LogP contribution is 2.19. The highest BCUT2D eigenvalue weighted by atomic mass is 16.4. The Labute approximate surface area is 200 Å². The maximum atomic E-state index is 13.2. The van der Waals surface area contributed by atoms with Crippen molar-refractivity contribution in [2.75, 3.05) is 13.1 Å². The van der Waals surface area contributed by atoms with E-state index >= 15 is 0 Å². The largest absolute Gasteiger partial charge is 0.508 e. The van der Waals surface area contributed by atoms with Gasteiger partial charge in [-0.1, -0.05) is 30.3 Å². The normalized spacial score (nSPS) is 12.5. The summed E-state index contributed by atoms with van der Waals surface area (Å²) in [6.07, 6.45) is 1.90. The molecule has 11 heteroatoms. The van der Waals surface area contributed by atoms with E-state index in [4.69, 9.17) is 10.8 Å². The molecule has 2 aromatic carbocycles. The molecule has 8 N–H and O–H groups in total. The summed E-state index contributed by atoms with van der Waals surface area (Å²) >= 11 is 0. The molecule has 1 heterocycles. The monoisotopic (exact) mass is 481 g/mol. The number of fused-ring (bicyclic) bond motifs is 1. The number of rotatable bonds is 11. The molecule has 0 bridgehead atoms. The summed E-state index contributed by atoms with van der Waals surface area (Å²) < 4.78 is 0. The molecule has 3 aromatic rings. The van der Waals surface area contributed by atoms with Gasteiger partial charge in [0.2, 0.25) is 17.7 Å². The van der Waals surface area contributed by atoms with Crippen LogP contribution >= 0.6 is 0 Å².